The number of amidine groups is 1. The molecular weight excluding hydrogens is 140 g/mol. The van der Waals surface area contributed by atoms with Gasteiger partial charge in [0.2, 0.25) is 0 Å². The highest BCUT2D eigenvalue weighted by Gasteiger charge is 2.00. The molecule has 0 fully saturated rings. The molecule has 4 nitrogen and oxygen atoms in total. The number of hydrogen-bond donors (Lipinski definition) is 1. The smallest absolute Gasteiger partial charge is 0.169 e. The van der Waals surface area contributed by atoms with Gasteiger partial charge in [-0.05, 0) is 13.8 Å². The molecule has 0 aromatic carbocycles. The van der Waals surface area contributed by atoms with Crippen molar-refractivity contribution in [3.05, 3.63) is 0 Å². The Hall–Kier alpha value is -0.930. The average Bonchev–Trinajstić information content (AvgIpc) is 1.99. The predicted octanol–water partition coefficient (Wildman–Crippen LogP) is 2.08. The molecule has 0 saturated carbocycles. The second-order valence-electron chi connectivity index (χ2n) is 2.65. The van der Waals surface area contributed by atoms with Crippen molar-refractivity contribution in [3.8, 4) is 0 Å². The van der Waals surface area contributed by atoms with E-state index in [1.54, 1.807) is 5.01 Å². The minimum absolute atomic E-state index is 0.360. The highest BCUT2D eigenvalue weighted by atomic mass is 15.5. The molecule has 0 saturated heterocycles. The molecule has 0 bridgehead atoms. The van der Waals surface area contributed by atoms with Crippen molar-refractivity contribution in [3.63, 3.8) is 0 Å². The van der Waals surface area contributed by atoms with E-state index in [0.29, 0.717) is 18.3 Å². The van der Waals surface area contributed by atoms with Crippen LogP contribution in [0.15, 0.2) is 10.2 Å². The Morgan fingerprint density at radius 3 is 2.36 bits per heavy atom. The molecule has 0 rings (SSSR count). The van der Waals surface area contributed by atoms with Crippen LogP contribution in [0.1, 0.15) is 27.2 Å². The van der Waals surface area contributed by atoms with Crippen LogP contribution in [0.4, 0.5) is 0 Å². The average molecular weight is 156 g/mol. The topological polar surface area (TPSA) is 51.8 Å². The normalized spacial score (nSPS) is 11.9. The van der Waals surface area contributed by atoms with Crippen LogP contribution >= 0.6 is 0 Å². The Kier molecular flexibility index (Phi) is 4.41. The van der Waals surface area contributed by atoms with Crippen LogP contribution in [0, 0.1) is 5.53 Å². The molecule has 4 heteroatoms. The van der Waals surface area contributed by atoms with Gasteiger partial charge in [-0.3, -0.25) is 5.01 Å². The van der Waals surface area contributed by atoms with Crippen molar-refractivity contribution in [1.82, 2.24) is 5.01 Å². The molecular formula is C7H16N4. The largest absolute Gasteiger partial charge is 0.296 e. The Morgan fingerprint density at radius 2 is 2.09 bits per heavy atom. The van der Waals surface area contributed by atoms with Crippen LogP contribution in [0.25, 0.3) is 0 Å². The lowest BCUT2D eigenvalue weighted by Crippen LogP contribution is -2.21. The summed E-state index contributed by atoms with van der Waals surface area (Å²) in [7, 11) is 1.88. The standard InChI is InChI=1S/C7H16N4/c1-5-7(9-8)10-11(4)6(2)3/h6,8H,5H2,1-4H3/b9-8?,10-7-. The third-order valence-electron chi connectivity index (χ3n) is 1.47. The summed E-state index contributed by atoms with van der Waals surface area (Å²) in [6.07, 6.45) is 0.709. The second-order valence-corrected chi connectivity index (χ2v) is 2.65. The Balaban J connectivity index is 4.14. The van der Waals surface area contributed by atoms with Gasteiger partial charge in [-0.15, -0.1) is 5.11 Å². The molecule has 0 aromatic heterocycles. The van der Waals surface area contributed by atoms with Crippen molar-refractivity contribution >= 4 is 5.84 Å². The third-order valence-corrected chi connectivity index (χ3v) is 1.47. The van der Waals surface area contributed by atoms with Gasteiger partial charge in [0.05, 0.1) is 0 Å². The molecule has 0 aliphatic heterocycles. The number of hydrogen-bond acceptors (Lipinski definition) is 3. The Morgan fingerprint density at radius 1 is 1.55 bits per heavy atom. The summed E-state index contributed by atoms with van der Waals surface area (Å²) in [6, 6.07) is 0.360. The minimum atomic E-state index is 0.360. The summed E-state index contributed by atoms with van der Waals surface area (Å²) in [6.45, 7) is 6.02. The highest BCUT2D eigenvalue weighted by molar-refractivity contribution is 5.81. The maximum Gasteiger partial charge on any atom is 0.169 e. The van der Waals surface area contributed by atoms with Crippen molar-refractivity contribution < 1.29 is 0 Å². The van der Waals surface area contributed by atoms with E-state index >= 15 is 0 Å². The summed E-state index contributed by atoms with van der Waals surface area (Å²) in [5, 5.41) is 9.20. The van der Waals surface area contributed by atoms with Crippen molar-refractivity contribution in [2.45, 2.75) is 33.2 Å². The van der Waals surface area contributed by atoms with E-state index in [4.69, 9.17) is 5.53 Å². The molecule has 0 heterocycles. The molecule has 0 atom stereocenters. The molecule has 0 radical (unpaired) electrons. The van der Waals surface area contributed by atoms with Crippen molar-refractivity contribution in [2.24, 2.45) is 10.2 Å². The molecule has 11 heavy (non-hydrogen) atoms. The SMILES string of the molecule is CC/C(N=N)=N/N(C)C(C)C. The predicted molar refractivity (Wildman–Crippen MR) is 45.8 cm³/mol. The Labute approximate surface area is 67.8 Å². The highest BCUT2D eigenvalue weighted by Crippen LogP contribution is 1.97. The van der Waals surface area contributed by atoms with E-state index in [9.17, 15) is 0 Å². The van der Waals surface area contributed by atoms with Crippen LogP contribution < -0.4 is 0 Å². The molecule has 0 aromatic rings. The summed E-state index contributed by atoms with van der Waals surface area (Å²) in [5.41, 5.74) is 6.76. The zero-order valence-corrected chi connectivity index (χ0v) is 7.63. The molecule has 1 N–H and O–H groups in total. The number of hydrazone groups is 1. The molecule has 0 aliphatic carbocycles. The lowest BCUT2D eigenvalue weighted by molar-refractivity contribution is 0.287. The van der Waals surface area contributed by atoms with Crippen molar-refractivity contribution in [1.29, 1.82) is 5.53 Å². The molecule has 64 valence electrons. The van der Waals surface area contributed by atoms with E-state index in [0.717, 1.165) is 0 Å². The fourth-order valence-electron chi connectivity index (χ4n) is 0.470. The summed E-state index contributed by atoms with van der Waals surface area (Å²) in [4.78, 5) is 0. The van der Waals surface area contributed by atoms with Gasteiger partial charge in [0.1, 0.15) is 0 Å². The van der Waals surface area contributed by atoms with Gasteiger partial charge >= 0.3 is 0 Å². The fourth-order valence-corrected chi connectivity index (χ4v) is 0.470. The first-order valence-corrected chi connectivity index (χ1v) is 3.79. The first kappa shape index (κ1) is 10.1. The second kappa shape index (κ2) is 4.82. The van der Waals surface area contributed by atoms with Crippen LogP contribution in [-0.2, 0) is 0 Å². The van der Waals surface area contributed by atoms with E-state index in [1.807, 2.05) is 27.8 Å². The Bertz CT molecular complexity index is 151. The summed E-state index contributed by atoms with van der Waals surface area (Å²) < 4.78 is 0. The first-order valence-electron chi connectivity index (χ1n) is 3.79. The number of nitrogens with zero attached hydrogens (tertiary/aromatic N) is 3. The molecule has 0 unspecified atom stereocenters. The van der Waals surface area contributed by atoms with Gasteiger partial charge in [-0.2, -0.15) is 5.10 Å². The molecule has 0 spiro atoms. The van der Waals surface area contributed by atoms with E-state index in [1.165, 1.54) is 0 Å². The summed E-state index contributed by atoms with van der Waals surface area (Å²) in [5.74, 6) is 0.571. The lowest BCUT2D eigenvalue weighted by Gasteiger charge is -2.17. The van der Waals surface area contributed by atoms with Gasteiger partial charge < -0.3 is 0 Å². The van der Waals surface area contributed by atoms with Crippen LogP contribution in [-0.4, -0.2) is 23.9 Å². The van der Waals surface area contributed by atoms with Crippen LogP contribution in [0.2, 0.25) is 0 Å². The van der Waals surface area contributed by atoms with E-state index in [2.05, 4.69) is 10.2 Å². The van der Waals surface area contributed by atoms with E-state index in [-0.39, 0.29) is 0 Å². The van der Waals surface area contributed by atoms with Gasteiger partial charge in [-0.1, -0.05) is 6.92 Å². The van der Waals surface area contributed by atoms with Crippen molar-refractivity contribution in [2.75, 3.05) is 7.05 Å². The summed E-state index contributed by atoms with van der Waals surface area (Å²) >= 11 is 0. The van der Waals surface area contributed by atoms with E-state index < -0.39 is 0 Å². The van der Waals surface area contributed by atoms with Crippen LogP contribution in [0.5, 0.6) is 0 Å². The molecule has 0 amide bonds. The van der Waals surface area contributed by atoms with Gasteiger partial charge in [0.15, 0.2) is 5.84 Å². The van der Waals surface area contributed by atoms with Gasteiger partial charge in [-0.25, -0.2) is 5.53 Å². The third kappa shape index (κ3) is 3.70. The quantitative estimate of drug-likeness (QED) is 0.289. The first-order chi connectivity index (χ1) is 5.11. The monoisotopic (exact) mass is 156 g/mol. The van der Waals surface area contributed by atoms with Gasteiger partial charge in [0, 0.05) is 19.5 Å². The maximum absolute atomic E-state index is 6.76. The molecule has 0 aliphatic rings. The lowest BCUT2D eigenvalue weighted by atomic mass is 10.4. The maximum atomic E-state index is 6.76. The minimum Gasteiger partial charge on any atom is -0.296 e. The van der Waals surface area contributed by atoms with Gasteiger partial charge in [0.25, 0.3) is 0 Å². The fraction of sp³-hybridized carbons (Fsp3) is 0.857. The zero-order chi connectivity index (χ0) is 8.85. The van der Waals surface area contributed by atoms with Crippen LogP contribution in [0.3, 0.4) is 0 Å². The number of nitrogens with one attached hydrogen (secondary N) is 1. The number of rotatable bonds is 3. The zero-order valence-electron chi connectivity index (χ0n) is 7.63.